The second kappa shape index (κ2) is 12.3. The molecular formula is C34H42N6O5. The first-order valence-electron chi connectivity index (χ1n) is 15.5. The van der Waals surface area contributed by atoms with E-state index in [9.17, 15) is 4.79 Å². The Kier molecular flexibility index (Phi) is 8.41. The van der Waals surface area contributed by atoms with E-state index in [0.717, 1.165) is 35.5 Å². The molecule has 45 heavy (non-hydrogen) atoms. The normalized spacial score (nSPS) is 17.6. The van der Waals surface area contributed by atoms with Gasteiger partial charge in [0.1, 0.15) is 18.2 Å². The molecule has 3 aliphatic rings. The summed E-state index contributed by atoms with van der Waals surface area (Å²) in [5.41, 5.74) is 3.14. The average molecular weight is 615 g/mol. The van der Waals surface area contributed by atoms with Crippen molar-refractivity contribution in [2.75, 3.05) is 38.3 Å². The fraction of sp³-hybridized carbons (Fsp3) is 0.471. The Labute approximate surface area is 263 Å². The fourth-order valence-electron chi connectivity index (χ4n) is 5.96. The van der Waals surface area contributed by atoms with Crippen molar-refractivity contribution in [1.29, 1.82) is 0 Å². The number of carbonyl (C=O) groups excluding carboxylic acids is 1. The Morgan fingerprint density at radius 3 is 2.62 bits per heavy atom. The Bertz CT molecular complexity index is 1710. The Hall–Kier alpha value is -4.22. The molecule has 0 aliphatic carbocycles. The van der Waals surface area contributed by atoms with E-state index in [1.807, 2.05) is 81.0 Å². The highest BCUT2D eigenvalue weighted by molar-refractivity contribution is 5.80. The summed E-state index contributed by atoms with van der Waals surface area (Å²) in [5, 5.41) is 9.67. The molecule has 3 aliphatic heterocycles. The van der Waals surface area contributed by atoms with E-state index < -0.39 is 17.7 Å². The maximum atomic E-state index is 13.3. The first-order chi connectivity index (χ1) is 21.5. The first kappa shape index (κ1) is 30.8. The minimum Gasteiger partial charge on any atom is -0.489 e. The van der Waals surface area contributed by atoms with Crippen molar-refractivity contribution in [2.24, 2.45) is 0 Å². The summed E-state index contributed by atoms with van der Waals surface area (Å²) < 4.78 is 27.7. The molecular weight excluding hydrogens is 572 g/mol. The highest BCUT2D eigenvalue weighted by Crippen LogP contribution is 2.38. The molecule has 1 unspecified atom stereocenters. The van der Waals surface area contributed by atoms with E-state index in [-0.39, 0.29) is 5.60 Å². The number of piperidine rings is 1. The lowest BCUT2D eigenvalue weighted by molar-refractivity contribution is -0.164. The summed E-state index contributed by atoms with van der Waals surface area (Å²) >= 11 is 0. The van der Waals surface area contributed by atoms with Crippen molar-refractivity contribution in [3.8, 4) is 11.6 Å². The molecule has 0 spiro atoms. The zero-order valence-electron chi connectivity index (χ0n) is 26.9. The van der Waals surface area contributed by atoms with Crippen LogP contribution in [0.25, 0.3) is 11.5 Å². The van der Waals surface area contributed by atoms with Crippen LogP contribution in [0.4, 0.5) is 5.82 Å². The van der Waals surface area contributed by atoms with Gasteiger partial charge < -0.3 is 23.8 Å². The van der Waals surface area contributed by atoms with Gasteiger partial charge in [0.25, 0.3) is 0 Å². The summed E-state index contributed by atoms with van der Waals surface area (Å²) in [6.07, 6.45) is 9.08. The number of rotatable bonds is 3. The number of methoxy groups -OCH3 is 1. The average Bonchev–Trinajstić information content (AvgIpc) is 3.64. The highest BCUT2D eigenvalue weighted by Gasteiger charge is 2.38. The van der Waals surface area contributed by atoms with Gasteiger partial charge in [-0.1, -0.05) is 24.3 Å². The van der Waals surface area contributed by atoms with Crippen LogP contribution in [0.15, 0.2) is 54.9 Å². The van der Waals surface area contributed by atoms with Gasteiger partial charge in [-0.05, 0) is 70.7 Å². The van der Waals surface area contributed by atoms with E-state index in [1.165, 1.54) is 7.11 Å². The van der Waals surface area contributed by atoms with Crippen molar-refractivity contribution in [2.45, 2.75) is 71.2 Å². The monoisotopic (exact) mass is 614 g/mol. The summed E-state index contributed by atoms with van der Waals surface area (Å²) in [5.74, 6) is 1.74. The number of benzene rings is 1. The van der Waals surface area contributed by atoms with E-state index in [1.54, 1.807) is 4.68 Å². The largest absolute Gasteiger partial charge is 0.489 e. The zero-order valence-corrected chi connectivity index (χ0v) is 26.9. The molecule has 6 heterocycles. The zero-order chi connectivity index (χ0) is 31.8. The third kappa shape index (κ3) is 6.60. The van der Waals surface area contributed by atoms with Crippen LogP contribution >= 0.6 is 0 Å². The number of para-hydroxylation sites is 1. The standard InChI is InChI=1S/C34H42N6O5/c1-23-29(30(32(41)42-6)45-33(2,3)4)31-38-15-13-34(5,14-16-38)44-18-10-9-17-43-26-12-8-7-11-25(26)19-24-21-35-39(22-24)28-20-27(36-23)40(31)37-28/h7-12,20-22,30H,13-19H2,1-6H3. The van der Waals surface area contributed by atoms with Gasteiger partial charge in [0, 0.05) is 37.5 Å². The molecule has 0 N–H and O–H groups in total. The second-order valence-electron chi connectivity index (χ2n) is 12.9. The SMILES string of the molecule is COC(=O)C(OC(C)(C)C)c1c(C)nc2cc3nn2c1N1CCC(C)(CC1)OCC=CCOc1ccccc1Cc1cnn-3c1. The number of anilines is 1. The molecule has 6 bridgehead atoms. The second-order valence-corrected chi connectivity index (χ2v) is 12.9. The van der Waals surface area contributed by atoms with Crippen LogP contribution in [0.2, 0.25) is 0 Å². The molecule has 0 radical (unpaired) electrons. The predicted molar refractivity (Wildman–Crippen MR) is 170 cm³/mol. The van der Waals surface area contributed by atoms with Crippen LogP contribution in [0.5, 0.6) is 5.75 Å². The Balaban J connectivity index is 1.49. The maximum absolute atomic E-state index is 13.3. The van der Waals surface area contributed by atoms with E-state index in [4.69, 9.17) is 29.0 Å². The molecule has 3 aromatic heterocycles. The van der Waals surface area contributed by atoms with Crippen LogP contribution in [0.3, 0.4) is 0 Å². The number of carbonyl (C=O) groups is 1. The minimum absolute atomic E-state index is 0.305. The van der Waals surface area contributed by atoms with Crippen molar-refractivity contribution in [3.63, 3.8) is 0 Å². The maximum Gasteiger partial charge on any atom is 0.339 e. The third-order valence-corrected chi connectivity index (χ3v) is 8.33. The lowest BCUT2D eigenvalue weighted by Crippen LogP contribution is -2.45. The molecule has 11 nitrogen and oxygen atoms in total. The van der Waals surface area contributed by atoms with Gasteiger partial charge in [-0.2, -0.15) is 9.61 Å². The van der Waals surface area contributed by atoms with Crippen LogP contribution < -0.4 is 9.64 Å². The van der Waals surface area contributed by atoms with Crippen molar-refractivity contribution in [3.05, 3.63) is 77.3 Å². The Morgan fingerprint density at radius 1 is 1.11 bits per heavy atom. The molecule has 1 aromatic carbocycles. The topological polar surface area (TPSA) is 105 Å². The molecule has 4 aromatic rings. The Morgan fingerprint density at radius 2 is 1.87 bits per heavy atom. The van der Waals surface area contributed by atoms with Gasteiger partial charge in [0.15, 0.2) is 17.6 Å². The van der Waals surface area contributed by atoms with Gasteiger partial charge in [0.05, 0.1) is 36.7 Å². The predicted octanol–water partition coefficient (Wildman–Crippen LogP) is 5.17. The number of ether oxygens (including phenoxy) is 4. The number of nitrogens with zero attached hydrogens (tertiary/aromatic N) is 6. The van der Waals surface area contributed by atoms with Gasteiger partial charge in [-0.3, -0.25) is 0 Å². The summed E-state index contributed by atoms with van der Waals surface area (Å²) in [4.78, 5) is 20.5. The molecule has 0 amide bonds. The summed E-state index contributed by atoms with van der Waals surface area (Å²) in [6.45, 7) is 12.2. The van der Waals surface area contributed by atoms with Gasteiger partial charge in [0.2, 0.25) is 0 Å². The first-order valence-corrected chi connectivity index (χ1v) is 15.5. The molecule has 11 heteroatoms. The number of hydrogen-bond acceptors (Lipinski definition) is 9. The smallest absolute Gasteiger partial charge is 0.339 e. The summed E-state index contributed by atoms with van der Waals surface area (Å²) in [7, 11) is 1.38. The van der Waals surface area contributed by atoms with E-state index >= 15 is 0 Å². The lowest BCUT2D eigenvalue weighted by Gasteiger charge is -2.41. The fourth-order valence-corrected chi connectivity index (χ4v) is 5.96. The van der Waals surface area contributed by atoms with Crippen molar-refractivity contribution < 1.29 is 23.7 Å². The number of hydrogen-bond donors (Lipinski definition) is 0. The van der Waals surface area contributed by atoms with Crippen LogP contribution in [-0.4, -0.2) is 75.0 Å². The molecule has 0 saturated carbocycles. The van der Waals surface area contributed by atoms with Gasteiger partial charge in [-0.25, -0.2) is 14.5 Å². The van der Waals surface area contributed by atoms with Crippen LogP contribution in [-0.2, 0) is 25.4 Å². The van der Waals surface area contributed by atoms with E-state index in [0.29, 0.717) is 55.4 Å². The molecule has 1 saturated heterocycles. The van der Waals surface area contributed by atoms with E-state index in [2.05, 4.69) is 23.0 Å². The number of fused-ring (bicyclic) bond motifs is 6. The highest BCUT2D eigenvalue weighted by atomic mass is 16.6. The summed E-state index contributed by atoms with van der Waals surface area (Å²) in [6, 6.07) is 9.97. The number of aryl methyl sites for hydroxylation is 1. The third-order valence-electron chi connectivity index (χ3n) is 8.33. The quantitative estimate of drug-likeness (QED) is 0.228. The van der Waals surface area contributed by atoms with Crippen LogP contribution in [0.1, 0.15) is 69.0 Å². The molecule has 1 atom stereocenters. The molecule has 7 rings (SSSR count). The molecule has 1 fully saturated rings. The van der Waals surface area contributed by atoms with Gasteiger partial charge >= 0.3 is 5.97 Å². The van der Waals surface area contributed by atoms with Crippen molar-refractivity contribution >= 4 is 17.4 Å². The molecule has 238 valence electrons. The minimum atomic E-state index is -0.992. The lowest BCUT2D eigenvalue weighted by atomic mass is 9.92. The van der Waals surface area contributed by atoms with Crippen LogP contribution in [0, 0.1) is 6.92 Å². The van der Waals surface area contributed by atoms with Crippen molar-refractivity contribution in [1.82, 2.24) is 24.4 Å². The van der Waals surface area contributed by atoms with Gasteiger partial charge in [-0.15, -0.1) is 5.10 Å². The number of esters is 1. The number of aromatic nitrogens is 5.